The lowest BCUT2D eigenvalue weighted by atomic mass is 10.1. The van der Waals surface area contributed by atoms with Gasteiger partial charge in [-0.2, -0.15) is 0 Å². The topological polar surface area (TPSA) is 20.3 Å². The largest absolute Gasteiger partial charge is 0.307 e. The van der Waals surface area contributed by atoms with Crippen LogP contribution in [0.25, 0.3) is 5.70 Å². The van der Waals surface area contributed by atoms with Gasteiger partial charge < -0.3 is 4.90 Å². The third-order valence-corrected chi connectivity index (χ3v) is 3.54. The molecule has 0 atom stereocenters. The van der Waals surface area contributed by atoms with Crippen molar-refractivity contribution in [3.05, 3.63) is 90.0 Å². The molecule has 0 saturated carbocycles. The third-order valence-electron chi connectivity index (χ3n) is 3.54. The molecule has 2 nitrogen and oxygen atoms in total. The lowest BCUT2D eigenvalue weighted by Crippen LogP contribution is -2.30. The number of nitrogens with zero attached hydrogens (tertiary/aromatic N) is 1. The Kier molecular flexibility index (Phi) is 3.97. The second-order valence-electron chi connectivity index (χ2n) is 4.96. The zero-order valence-electron chi connectivity index (χ0n) is 11.8. The van der Waals surface area contributed by atoms with Crippen molar-refractivity contribution in [3.63, 3.8) is 0 Å². The van der Waals surface area contributed by atoms with Gasteiger partial charge in [0.15, 0.2) is 0 Å². The van der Waals surface area contributed by atoms with E-state index >= 15 is 0 Å². The van der Waals surface area contributed by atoms with Gasteiger partial charge >= 0.3 is 0 Å². The fraction of sp³-hybridized carbons (Fsp3) is 0.105. The monoisotopic (exact) mass is 275 g/mol. The summed E-state index contributed by atoms with van der Waals surface area (Å²) in [6, 6.07) is 19.5. The first-order valence-corrected chi connectivity index (χ1v) is 7.15. The third kappa shape index (κ3) is 2.95. The van der Waals surface area contributed by atoms with Crippen LogP contribution in [0.2, 0.25) is 0 Å². The zero-order chi connectivity index (χ0) is 14.5. The van der Waals surface area contributed by atoms with E-state index in [-0.39, 0.29) is 5.91 Å². The van der Waals surface area contributed by atoms with E-state index in [4.69, 9.17) is 0 Å². The molecule has 2 aromatic rings. The highest BCUT2D eigenvalue weighted by atomic mass is 16.2. The van der Waals surface area contributed by atoms with Crippen LogP contribution in [-0.4, -0.2) is 17.4 Å². The van der Waals surface area contributed by atoms with E-state index < -0.39 is 0 Å². The van der Waals surface area contributed by atoms with Gasteiger partial charge in [-0.05, 0) is 30.2 Å². The predicted molar refractivity (Wildman–Crippen MR) is 85.7 cm³/mol. The first-order chi connectivity index (χ1) is 10.4. The van der Waals surface area contributed by atoms with Gasteiger partial charge in [-0.3, -0.25) is 4.79 Å². The molecule has 1 heterocycles. The van der Waals surface area contributed by atoms with Crippen LogP contribution in [-0.2, 0) is 0 Å². The number of allylic oxidation sites excluding steroid dienone is 2. The van der Waals surface area contributed by atoms with Crippen LogP contribution in [0, 0.1) is 0 Å². The van der Waals surface area contributed by atoms with Gasteiger partial charge in [0.25, 0.3) is 5.91 Å². The Morgan fingerprint density at radius 1 is 0.905 bits per heavy atom. The summed E-state index contributed by atoms with van der Waals surface area (Å²) in [4.78, 5) is 14.7. The lowest BCUT2D eigenvalue weighted by molar-refractivity contribution is 0.0837. The zero-order valence-corrected chi connectivity index (χ0v) is 11.8. The Labute approximate surface area is 125 Å². The lowest BCUT2D eigenvalue weighted by Gasteiger charge is -2.24. The number of benzene rings is 2. The highest BCUT2D eigenvalue weighted by molar-refractivity contribution is 5.99. The fourth-order valence-corrected chi connectivity index (χ4v) is 2.48. The number of carbonyl (C=O) groups excluding carboxylic acids is 1. The van der Waals surface area contributed by atoms with Gasteiger partial charge in [-0.15, -0.1) is 0 Å². The second-order valence-corrected chi connectivity index (χ2v) is 4.96. The standard InChI is InChI=1S/C19H17NO/c21-19(17-12-6-2-7-13-17)20-15-9-3-8-14-18(20)16-10-4-1-5-11-16/h1-8,10-14H,9,15H2. The molecule has 0 aliphatic carbocycles. The van der Waals surface area contributed by atoms with Crippen LogP contribution < -0.4 is 0 Å². The molecular formula is C19H17NO. The molecular weight excluding hydrogens is 258 g/mol. The average molecular weight is 275 g/mol. The van der Waals surface area contributed by atoms with Crippen LogP contribution in [0.4, 0.5) is 0 Å². The second kappa shape index (κ2) is 6.23. The summed E-state index contributed by atoms with van der Waals surface area (Å²) in [7, 11) is 0. The van der Waals surface area contributed by atoms with Crippen LogP contribution in [0.1, 0.15) is 22.3 Å². The molecule has 1 amide bonds. The SMILES string of the molecule is O=C(c1ccccc1)N1CCC=CC=C1c1ccccc1. The van der Waals surface area contributed by atoms with E-state index in [1.54, 1.807) is 0 Å². The molecule has 1 aliphatic rings. The molecule has 21 heavy (non-hydrogen) atoms. The van der Waals surface area contributed by atoms with Gasteiger partial charge in [0.1, 0.15) is 0 Å². The quantitative estimate of drug-likeness (QED) is 0.807. The van der Waals surface area contributed by atoms with Crippen molar-refractivity contribution in [1.29, 1.82) is 0 Å². The Morgan fingerprint density at radius 3 is 2.29 bits per heavy atom. The van der Waals surface area contributed by atoms with Gasteiger partial charge in [0.05, 0.1) is 5.70 Å². The van der Waals surface area contributed by atoms with Crippen molar-refractivity contribution >= 4 is 11.6 Å². The summed E-state index contributed by atoms with van der Waals surface area (Å²) in [5, 5.41) is 0. The Balaban J connectivity index is 1.97. The maximum absolute atomic E-state index is 12.8. The summed E-state index contributed by atoms with van der Waals surface area (Å²) >= 11 is 0. The molecule has 0 saturated heterocycles. The molecule has 0 aromatic heterocycles. The minimum atomic E-state index is 0.0504. The molecule has 104 valence electrons. The molecule has 0 N–H and O–H groups in total. The van der Waals surface area contributed by atoms with E-state index in [9.17, 15) is 4.79 Å². The van der Waals surface area contributed by atoms with Crippen molar-refractivity contribution in [1.82, 2.24) is 4.90 Å². The number of amides is 1. The van der Waals surface area contributed by atoms with Crippen LogP contribution in [0.15, 0.2) is 78.9 Å². The summed E-state index contributed by atoms with van der Waals surface area (Å²) in [5.41, 5.74) is 2.74. The minimum Gasteiger partial charge on any atom is -0.307 e. The number of carbonyl (C=O) groups is 1. The van der Waals surface area contributed by atoms with E-state index in [1.165, 1.54) is 0 Å². The van der Waals surface area contributed by atoms with Crippen LogP contribution >= 0.6 is 0 Å². The van der Waals surface area contributed by atoms with E-state index in [0.717, 1.165) is 23.2 Å². The van der Waals surface area contributed by atoms with Crippen molar-refractivity contribution in [3.8, 4) is 0 Å². The van der Waals surface area contributed by atoms with Crippen molar-refractivity contribution in [2.75, 3.05) is 6.54 Å². The summed E-state index contributed by atoms with van der Waals surface area (Å²) in [6.07, 6.45) is 7.01. The molecule has 2 aromatic carbocycles. The molecule has 0 unspecified atom stereocenters. The molecule has 2 heteroatoms. The Morgan fingerprint density at radius 2 is 1.57 bits per heavy atom. The molecule has 0 radical (unpaired) electrons. The van der Waals surface area contributed by atoms with Gasteiger partial charge in [-0.1, -0.05) is 60.7 Å². The fourth-order valence-electron chi connectivity index (χ4n) is 2.48. The first-order valence-electron chi connectivity index (χ1n) is 7.15. The normalized spacial score (nSPS) is 14.5. The number of rotatable bonds is 2. The Hall–Kier alpha value is -2.61. The van der Waals surface area contributed by atoms with E-state index in [1.807, 2.05) is 77.7 Å². The van der Waals surface area contributed by atoms with Crippen molar-refractivity contribution in [2.45, 2.75) is 6.42 Å². The molecule has 3 rings (SSSR count). The smallest absolute Gasteiger partial charge is 0.258 e. The summed E-state index contributed by atoms with van der Waals surface area (Å²) in [6.45, 7) is 0.699. The highest BCUT2D eigenvalue weighted by Gasteiger charge is 2.20. The van der Waals surface area contributed by atoms with E-state index in [2.05, 4.69) is 6.08 Å². The van der Waals surface area contributed by atoms with Gasteiger partial charge in [0.2, 0.25) is 0 Å². The van der Waals surface area contributed by atoms with Gasteiger partial charge in [-0.25, -0.2) is 0 Å². The summed E-state index contributed by atoms with van der Waals surface area (Å²) < 4.78 is 0. The van der Waals surface area contributed by atoms with E-state index in [0.29, 0.717) is 6.54 Å². The molecule has 0 fully saturated rings. The average Bonchev–Trinajstić information content (AvgIpc) is 2.81. The summed E-state index contributed by atoms with van der Waals surface area (Å²) in [5.74, 6) is 0.0504. The predicted octanol–water partition coefficient (Wildman–Crippen LogP) is 4.13. The van der Waals surface area contributed by atoms with Crippen LogP contribution in [0.5, 0.6) is 0 Å². The molecule has 1 aliphatic heterocycles. The molecule has 0 bridgehead atoms. The molecule has 0 spiro atoms. The van der Waals surface area contributed by atoms with Gasteiger partial charge in [0, 0.05) is 12.1 Å². The Bertz CT molecular complexity index is 671. The number of hydrogen-bond acceptors (Lipinski definition) is 1. The van der Waals surface area contributed by atoms with Crippen molar-refractivity contribution < 1.29 is 4.79 Å². The minimum absolute atomic E-state index is 0.0504. The highest BCUT2D eigenvalue weighted by Crippen LogP contribution is 2.24. The number of hydrogen-bond donors (Lipinski definition) is 0. The van der Waals surface area contributed by atoms with Crippen molar-refractivity contribution in [2.24, 2.45) is 0 Å². The maximum atomic E-state index is 12.8. The van der Waals surface area contributed by atoms with Crippen LogP contribution in [0.3, 0.4) is 0 Å². The first kappa shape index (κ1) is 13.4. The maximum Gasteiger partial charge on any atom is 0.258 e.